The highest BCUT2D eigenvalue weighted by atomic mass is 16.1. The van der Waals surface area contributed by atoms with Gasteiger partial charge in [-0.3, -0.25) is 4.79 Å². The monoisotopic (exact) mass is 218 g/mol. The topological polar surface area (TPSA) is 41.1 Å². The molecule has 1 aromatic rings. The first-order chi connectivity index (χ1) is 7.84. The SMILES string of the molecule is O=C(CNCc1ccccc1)NCC1CC1. The Morgan fingerprint density at radius 1 is 1.25 bits per heavy atom. The Morgan fingerprint density at radius 3 is 2.69 bits per heavy atom. The van der Waals surface area contributed by atoms with E-state index in [0.29, 0.717) is 6.54 Å². The normalized spacial score (nSPS) is 14.8. The standard InChI is InChI=1S/C13H18N2O/c16-13(15-9-12-6-7-12)10-14-8-11-4-2-1-3-5-11/h1-5,12,14H,6-10H2,(H,15,16). The maximum absolute atomic E-state index is 11.4. The van der Waals surface area contributed by atoms with Gasteiger partial charge in [0.15, 0.2) is 0 Å². The van der Waals surface area contributed by atoms with Crippen molar-refractivity contribution in [3.05, 3.63) is 35.9 Å². The van der Waals surface area contributed by atoms with Crippen molar-refractivity contribution in [2.45, 2.75) is 19.4 Å². The van der Waals surface area contributed by atoms with Crippen LogP contribution in [0.1, 0.15) is 18.4 Å². The molecule has 0 aromatic heterocycles. The zero-order chi connectivity index (χ0) is 11.2. The Kier molecular flexibility index (Phi) is 3.94. The van der Waals surface area contributed by atoms with Crippen LogP contribution in [0.4, 0.5) is 0 Å². The molecule has 86 valence electrons. The van der Waals surface area contributed by atoms with Crippen molar-refractivity contribution < 1.29 is 4.79 Å². The molecular formula is C13H18N2O. The van der Waals surface area contributed by atoms with Gasteiger partial charge in [0.2, 0.25) is 5.91 Å². The molecule has 1 aliphatic rings. The molecule has 0 bridgehead atoms. The third kappa shape index (κ3) is 4.03. The fraction of sp³-hybridized carbons (Fsp3) is 0.462. The maximum Gasteiger partial charge on any atom is 0.233 e. The van der Waals surface area contributed by atoms with Crippen molar-refractivity contribution in [1.29, 1.82) is 0 Å². The van der Waals surface area contributed by atoms with Crippen LogP contribution in [0.3, 0.4) is 0 Å². The molecule has 0 saturated heterocycles. The van der Waals surface area contributed by atoms with Gasteiger partial charge in [0.05, 0.1) is 6.54 Å². The van der Waals surface area contributed by atoms with E-state index >= 15 is 0 Å². The summed E-state index contributed by atoms with van der Waals surface area (Å²) in [7, 11) is 0. The average molecular weight is 218 g/mol. The lowest BCUT2D eigenvalue weighted by Gasteiger charge is -2.05. The second-order valence-electron chi connectivity index (χ2n) is 4.34. The zero-order valence-electron chi connectivity index (χ0n) is 9.41. The summed E-state index contributed by atoms with van der Waals surface area (Å²) in [6.07, 6.45) is 2.55. The third-order valence-corrected chi connectivity index (χ3v) is 2.74. The van der Waals surface area contributed by atoms with E-state index in [0.717, 1.165) is 19.0 Å². The lowest BCUT2D eigenvalue weighted by atomic mass is 10.2. The van der Waals surface area contributed by atoms with Gasteiger partial charge in [-0.25, -0.2) is 0 Å². The molecule has 1 saturated carbocycles. The van der Waals surface area contributed by atoms with Crippen LogP contribution < -0.4 is 10.6 Å². The number of nitrogens with one attached hydrogen (secondary N) is 2. The first kappa shape index (κ1) is 11.1. The van der Waals surface area contributed by atoms with E-state index in [2.05, 4.69) is 22.8 Å². The molecular weight excluding hydrogens is 200 g/mol. The summed E-state index contributed by atoms with van der Waals surface area (Å²) >= 11 is 0. The Bertz CT molecular complexity index is 333. The largest absolute Gasteiger partial charge is 0.355 e. The van der Waals surface area contributed by atoms with Gasteiger partial charge in [0.1, 0.15) is 0 Å². The highest BCUT2D eigenvalue weighted by molar-refractivity contribution is 5.77. The number of benzene rings is 1. The molecule has 1 fully saturated rings. The van der Waals surface area contributed by atoms with E-state index in [1.165, 1.54) is 18.4 Å². The predicted molar refractivity (Wildman–Crippen MR) is 63.9 cm³/mol. The van der Waals surface area contributed by atoms with Crippen molar-refractivity contribution in [2.75, 3.05) is 13.1 Å². The summed E-state index contributed by atoms with van der Waals surface area (Å²) in [6, 6.07) is 10.1. The molecule has 0 radical (unpaired) electrons. The van der Waals surface area contributed by atoms with Crippen LogP contribution in [0.15, 0.2) is 30.3 Å². The third-order valence-electron chi connectivity index (χ3n) is 2.74. The van der Waals surface area contributed by atoms with Crippen molar-refractivity contribution >= 4 is 5.91 Å². The minimum absolute atomic E-state index is 0.0998. The van der Waals surface area contributed by atoms with Crippen LogP contribution >= 0.6 is 0 Å². The second kappa shape index (κ2) is 5.66. The Labute approximate surface area is 96.2 Å². The van der Waals surface area contributed by atoms with Crippen molar-refractivity contribution in [2.24, 2.45) is 5.92 Å². The molecule has 2 N–H and O–H groups in total. The number of rotatable bonds is 6. The molecule has 0 heterocycles. The van der Waals surface area contributed by atoms with E-state index in [-0.39, 0.29) is 5.91 Å². The van der Waals surface area contributed by atoms with E-state index in [1.807, 2.05) is 18.2 Å². The lowest BCUT2D eigenvalue weighted by Crippen LogP contribution is -2.34. The number of hydrogen-bond donors (Lipinski definition) is 2. The van der Waals surface area contributed by atoms with E-state index < -0.39 is 0 Å². The number of amides is 1. The first-order valence-electron chi connectivity index (χ1n) is 5.86. The smallest absolute Gasteiger partial charge is 0.233 e. The molecule has 3 nitrogen and oxygen atoms in total. The average Bonchev–Trinajstić information content (AvgIpc) is 3.12. The maximum atomic E-state index is 11.4. The van der Waals surface area contributed by atoms with Gasteiger partial charge in [-0.1, -0.05) is 30.3 Å². The molecule has 16 heavy (non-hydrogen) atoms. The molecule has 2 rings (SSSR count). The Morgan fingerprint density at radius 2 is 2.00 bits per heavy atom. The first-order valence-corrected chi connectivity index (χ1v) is 5.86. The quantitative estimate of drug-likeness (QED) is 0.755. The van der Waals surface area contributed by atoms with Crippen LogP contribution in [0.25, 0.3) is 0 Å². The fourth-order valence-electron chi connectivity index (χ4n) is 1.56. The summed E-state index contributed by atoms with van der Waals surface area (Å²) in [5.74, 6) is 0.848. The highest BCUT2D eigenvalue weighted by Crippen LogP contribution is 2.27. The molecule has 0 spiro atoms. The molecule has 0 aliphatic heterocycles. The van der Waals surface area contributed by atoms with E-state index in [4.69, 9.17) is 0 Å². The van der Waals surface area contributed by atoms with Crippen LogP contribution in [0, 0.1) is 5.92 Å². The van der Waals surface area contributed by atoms with Crippen molar-refractivity contribution in [3.8, 4) is 0 Å². The van der Waals surface area contributed by atoms with E-state index in [9.17, 15) is 4.79 Å². The molecule has 0 unspecified atom stereocenters. The number of carbonyl (C=O) groups is 1. The Balaban J connectivity index is 1.58. The van der Waals surface area contributed by atoms with Gasteiger partial charge >= 0.3 is 0 Å². The van der Waals surface area contributed by atoms with Crippen molar-refractivity contribution in [3.63, 3.8) is 0 Å². The summed E-state index contributed by atoms with van der Waals surface area (Å²) in [5.41, 5.74) is 1.21. The summed E-state index contributed by atoms with van der Waals surface area (Å²) in [5, 5.41) is 6.06. The Hall–Kier alpha value is -1.35. The molecule has 1 amide bonds. The highest BCUT2D eigenvalue weighted by Gasteiger charge is 2.21. The van der Waals surface area contributed by atoms with E-state index in [1.54, 1.807) is 0 Å². The predicted octanol–water partition coefficient (Wildman–Crippen LogP) is 1.30. The van der Waals surface area contributed by atoms with Crippen LogP contribution in [-0.2, 0) is 11.3 Å². The number of hydrogen-bond acceptors (Lipinski definition) is 2. The fourth-order valence-corrected chi connectivity index (χ4v) is 1.56. The summed E-state index contributed by atoms with van der Waals surface area (Å²) in [6.45, 7) is 2.01. The summed E-state index contributed by atoms with van der Waals surface area (Å²) in [4.78, 5) is 11.4. The minimum Gasteiger partial charge on any atom is -0.355 e. The van der Waals surface area contributed by atoms with Gasteiger partial charge in [0.25, 0.3) is 0 Å². The van der Waals surface area contributed by atoms with Crippen LogP contribution in [0.5, 0.6) is 0 Å². The van der Waals surface area contributed by atoms with Crippen LogP contribution in [-0.4, -0.2) is 19.0 Å². The minimum atomic E-state index is 0.0998. The zero-order valence-corrected chi connectivity index (χ0v) is 9.41. The summed E-state index contributed by atoms with van der Waals surface area (Å²) < 4.78 is 0. The van der Waals surface area contributed by atoms with Gasteiger partial charge in [-0.2, -0.15) is 0 Å². The molecule has 3 heteroatoms. The van der Waals surface area contributed by atoms with Gasteiger partial charge in [-0.05, 0) is 24.3 Å². The van der Waals surface area contributed by atoms with Crippen molar-refractivity contribution in [1.82, 2.24) is 10.6 Å². The second-order valence-corrected chi connectivity index (χ2v) is 4.34. The van der Waals surface area contributed by atoms with Gasteiger partial charge in [0, 0.05) is 13.1 Å². The molecule has 1 aliphatic carbocycles. The molecule has 1 aromatic carbocycles. The van der Waals surface area contributed by atoms with Gasteiger partial charge < -0.3 is 10.6 Å². The number of carbonyl (C=O) groups excluding carboxylic acids is 1. The van der Waals surface area contributed by atoms with Crippen LogP contribution in [0.2, 0.25) is 0 Å². The van der Waals surface area contributed by atoms with Gasteiger partial charge in [-0.15, -0.1) is 0 Å². The lowest BCUT2D eigenvalue weighted by molar-refractivity contribution is -0.120. The molecule has 0 atom stereocenters.